The van der Waals surface area contributed by atoms with Crippen LogP contribution in [0.15, 0.2) is 52.1 Å². The Bertz CT molecular complexity index is 1130. The monoisotopic (exact) mass is 427 g/mol. The average Bonchev–Trinajstić information content (AvgIpc) is 3.13. The third-order valence-corrected chi connectivity index (χ3v) is 7.17. The Labute approximate surface area is 174 Å². The van der Waals surface area contributed by atoms with Crippen molar-refractivity contribution < 1.29 is 17.7 Å². The van der Waals surface area contributed by atoms with Crippen LogP contribution in [0.25, 0.3) is 11.4 Å². The van der Waals surface area contributed by atoms with Gasteiger partial charge in [-0.25, -0.2) is 18.4 Å². The predicted octanol–water partition coefficient (Wildman–Crippen LogP) is 1.90. The second-order valence-electron chi connectivity index (χ2n) is 7.01. The Morgan fingerprint density at radius 1 is 1.00 bits per heavy atom. The van der Waals surface area contributed by atoms with Crippen LogP contribution in [0.1, 0.15) is 21.8 Å². The van der Waals surface area contributed by atoms with Gasteiger partial charge in [0.05, 0.1) is 5.56 Å². The summed E-state index contributed by atoms with van der Waals surface area (Å²) in [5.41, 5.74) is 1.58. The van der Waals surface area contributed by atoms with E-state index in [2.05, 4.69) is 15.1 Å². The van der Waals surface area contributed by atoms with Gasteiger partial charge in [0.1, 0.15) is 10.6 Å². The summed E-state index contributed by atoms with van der Waals surface area (Å²) in [7, 11) is -3.72. The highest BCUT2D eigenvalue weighted by atomic mass is 32.2. The second kappa shape index (κ2) is 7.96. The SMILES string of the molecule is Cc1noc(C)c1S(=O)(=O)N1CCN(C(=O)c2cnc(-c3ccccc3)nc2)CC1. The van der Waals surface area contributed by atoms with Gasteiger partial charge in [0.25, 0.3) is 5.91 Å². The van der Waals surface area contributed by atoms with Crippen molar-refractivity contribution in [3.8, 4) is 11.4 Å². The maximum Gasteiger partial charge on any atom is 0.257 e. The molecule has 1 aliphatic heterocycles. The molecule has 0 radical (unpaired) electrons. The molecule has 0 bridgehead atoms. The first-order valence-corrected chi connectivity index (χ1v) is 10.9. The van der Waals surface area contributed by atoms with E-state index in [4.69, 9.17) is 4.52 Å². The molecule has 156 valence electrons. The molecular formula is C20H21N5O4S. The Morgan fingerprint density at radius 3 is 2.20 bits per heavy atom. The summed E-state index contributed by atoms with van der Waals surface area (Å²) in [6, 6.07) is 9.50. The predicted molar refractivity (Wildman–Crippen MR) is 108 cm³/mol. The highest BCUT2D eigenvalue weighted by Crippen LogP contribution is 2.24. The molecule has 3 heterocycles. The van der Waals surface area contributed by atoms with Crippen LogP contribution in [0.5, 0.6) is 0 Å². The van der Waals surface area contributed by atoms with Crippen LogP contribution < -0.4 is 0 Å². The van der Waals surface area contributed by atoms with Crippen molar-refractivity contribution in [1.29, 1.82) is 0 Å². The third-order valence-electron chi connectivity index (χ3n) is 5.02. The third kappa shape index (κ3) is 3.71. The van der Waals surface area contributed by atoms with E-state index in [1.54, 1.807) is 18.7 Å². The van der Waals surface area contributed by atoms with Crippen LogP contribution in [0.2, 0.25) is 0 Å². The van der Waals surface area contributed by atoms with Crippen molar-refractivity contribution in [3.63, 3.8) is 0 Å². The molecule has 4 rings (SSSR count). The first-order chi connectivity index (χ1) is 14.4. The number of aryl methyl sites for hydroxylation is 2. The van der Waals surface area contributed by atoms with Gasteiger partial charge in [-0.05, 0) is 13.8 Å². The first kappa shape index (κ1) is 20.2. The van der Waals surface area contributed by atoms with Crippen LogP contribution in [0, 0.1) is 13.8 Å². The quantitative estimate of drug-likeness (QED) is 0.625. The summed E-state index contributed by atoms with van der Waals surface area (Å²) >= 11 is 0. The number of sulfonamides is 1. The molecular weight excluding hydrogens is 406 g/mol. The normalized spacial score (nSPS) is 15.3. The van der Waals surface area contributed by atoms with Crippen molar-refractivity contribution in [3.05, 3.63) is 59.7 Å². The van der Waals surface area contributed by atoms with E-state index in [0.717, 1.165) is 5.56 Å². The molecule has 1 aliphatic rings. The van der Waals surface area contributed by atoms with Gasteiger partial charge in [-0.2, -0.15) is 4.31 Å². The largest absolute Gasteiger partial charge is 0.360 e. The standard InChI is InChI=1S/C20H21N5O4S/c1-14-18(15(2)29-23-14)30(27,28)25-10-8-24(9-11-25)20(26)17-12-21-19(22-13-17)16-6-4-3-5-7-16/h3-7,12-13H,8-11H2,1-2H3. The van der Waals surface area contributed by atoms with Gasteiger partial charge >= 0.3 is 0 Å². The summed E-state index contributed by atoms with van der Waals surface area (Å²) < 4.78 is 32.2. The number of nitrogens with zero attached hydrogens (tertiary/aromatic N) is 5. The van der Waals surface area contributed by atoms with E-state index in [1.165, 1.54) is 16.7 Å². The highest BCUT2D eigenvalue weighted by Gasteiger charge is 2.34. The minimum atomic E-state index is -3.72. The summed E-state index contributed by atoms with van der Waals surface area (Å²) in [5.74, 6) is 0.591. The molecule has 10 heteroatoms. The molecule has 0 aliphatic carbocycles. The fourth-order valence-corrected chi connectivity index (χ4v) is 5.17. The lowest BCUT2D eigenvalue weighted by Crippen LogP contribution is -2.50. The van der Waals surface area contributed by atoms with Crippen molar-refractivity contribution in [2.75, 3.05) is 26.2 Å². The Balaban J connectivity index is 1.43. The van der Waals surface area contributed by atoms with Crippen molar-refractivity contribution in [2.24, 2.45) is 0 Å². The number of piperazine rings is 1. The molecule has 1 saturated heterocycles. The number of aromatic nitrogens is 3. The Hall–Kier alpha value is -3.11. The first-order valence-electron chi connectivity index (χ1n) is 9.47. The average molecular weight is 427 g/mol. The van der Waals surface area contributed by atoms with Crippen LogP contribution in [-0.4, -0.2) is 64.8 Å². The van der Waals surface area contributed by atoms with Crippen LogP contribution >= 0.6 is 0 Å². The van der Waals surface area contributed by atoms with Gasteiger partial charge in [-0.1, -0.05) is 35.5 Å². The fraction of sp³-hybridized carbons (Fsp3) is 0.300. The summed E-state index contributed by atoms with van der Waals surface area (Å²) in [6.45, 7) is 4.12. The summed E-state index contributed by atoms with van der Waals surface area (Å²) in [4.78, 5) is 23.1. The molecule has 0 atom stereocenters. The molecule has 0 unspecified atom stereocenters. The van der Waals surface area contributed by atoms with Crippen LogP contribution in [0.3, 0.4) is 0 Å². The molecule has 3 aromatic rings. The fourth-order valence-electron chi connectivity index (χ4n) is 3.46. The molecule has 0 spiro atoms. The zero-order valence-corrected chi connectivity index (χ0v) is 17.5. The number of amides is 1. The van der Waals surface area contributed by atoms with Gasteiger partial charge in [-0.15, -0.1) is 0 Å². The molecule has 1 aromatic carbocycles. The maximum absolute atomic E-state index is 12.9. The van der Waals surface area contributed by atoms with E-state index in [0.29, 0.717) is 17.1 Å². The molecule has 0 N–H and O–H groups in total. The van der Waals surface area contributed by atoms with E-state index in [9.17, 15) is 13.2 Å². The van der Waals surface area contributed by atoms with Crippen LogP contribution in [0.4, 0.5) is 0 Å². The zero-order valence-electron chi connectivity index (χ0n) is 16.6. The van der Waals surface area contributed by atoms with Crippen molar-refractivity contribution in [1.82, 2.24) is 24.3 Å². The lowest BCUT2D eigenvalue weighted by molar-refractivity contribution is 0.0697. The van der Waals surface area contributed by atoms with Gasteiger partial charge in [0.2, 0.25) is 10.0 Å². The minimum Gasteiger partial charge on any atom is -0.360 e. The Kier molecular flexibility index (Phi) is 5.35. The second-order valence-corrected chi connectivity index (χ2v) is 8.89. The smallest absolute Gasteiger partial charge is 0.257 e. The number of rotatable bonds is 4. The summed E-state index contributed by atoms with van der Waals surface area (Å²) in [6.07, 6.45) is 3.01. The molecule has 9 nitrogen and oxygen atoms in total. The number of carbonyl (C=O) groups is 1. The van der Waals surface area contributed by atoms with E-state index in [1.807, 2.05) is 30.3 Å². The van der Waals surface area contributed by atoms with Crippen LogP contribution in [-0.2, 0) is 10.0 Å². The Morgan fingerprint density at radius 2 is 1.63 bits per heavy atom. The van der Waals surface area contributed by atoms with Gasteiger partial charge in [-0.3, -0.25) is 4.79 Å². The van der Waals surface area contributed by atoms with Crippen molar-refractivity contribution in [2.45, 2.75) is 18.7 Å². The van der Waals surface area contributed by atoms with E-state index >= 15 is 0 Å². The van der Waals surface area contributed by atoms with E-state index < -0.39 is 10.0 Å². The molecule has 1 fully saturated rings. The zero-order chi connectivity index (χ0) is 21.3. The van der Waals surface area contributed by atoms with Gasteiger partial charge < -0.3 is 9.42 Å². The van der Waals surface area contributed by atoms with Gasteiger partial charge in [0.15, 0.2) is 11.6 Å². The maximum atomic E-state index is 12.9. The molecule has 2 aromatic heterocycles. The topological polar surface area (TPSA) is 110 Å². The summed E-state index contributed by atoms with van der Waals surface area (Å²) in [5, 5.41) is 3.73. The highest BCUT2D eigenvalue weighted by molar-refractivity contribution is 7.89. The molecule has 30 heavy (non-hydrogen) atoms. The molecule has 0 saturated carbocycles. The molecule has 1 amide bonds. The minimum absolute atomic E-state index is 0.104. The number of hydrogen-bond acceptors (Lipinski definition) is 7. The number of hydrogen-bond donors (Lipinski definition) is 0. The van der Waals surface area contributed by atoms with Gasteiger partial charge in [0, 0.05) is 44.1 Å². The lowest BCUT2D eigenvalue weighted by Gasteiger charge is -2.33. The van der Waals surface area contributed by atoms with Crippen molar-refractivity contribution >= 4 is 15.9 Å². The number of carbonyl (C=O) groups excluding carboxylic acids is 1. The lowest BCUT2D eigenvalue weighted by atomic mass is 10.2. The number of benzene rings is 1. The van der Waals surface area contributed by atoms with E-state index in [-0.39, 0.29) is 42.7 Å².